The predicted octanol–water partition coefficient (Wildman–Crippen LogP) is 1.74. The van der Waals surface area contributed by atoms with Crippen molar-refractivity contribution in [1.82, 2.24) is 29.1 Å². The largest absolute Gasteiger partial charge is 0.387 e. The molecule has 0 radical (unpaired) electrons. The lowest BCUT2D eigenvalue weighted by Crippen LogP contribution is -2.33. The van der Waals surface area contributed by atoms with Gasteiger partial charge < -0.3 is 25.3 Å². The van der Waals surface area contributed by atoms with Crippen LogP contribution in [0.15, 0.2) is 67.3 Å². The van der Waals surface area contributed by atoms with E-state index in [2.05, 4.69) is 15.0 Å². The third-order valence-electron chi connectivity index (χ3n) is 6.05. The Morgan fingerprint density at radius 3 is 2.58 bits per heavy atom. The lowest BCUT2D eigenvalue weighted by Gasteiger charge is -2.18. The van der Waals surface area contributed by atoms with Crippen LogP contribution in [0.1, 0.15) is 6.23 Å². The molecule has 2 unspecified atom stereocenters. The van der Waals surface area contributed by atoms with Crippen LogP contribution in [0.3, 0.4) is 0 Å². The molecule has 10 nitrogen and oxygen atoms in total. The molecule has 1 saturated heterocycles. The van der Waals surface area contributed by atoms with Gasteiger partial charge in [-0.15, -0.1) is 0 Å². The van der Waals surface area contributed by atoms with Crippen molar-refractivity contribution in [2.24, 2.45) is 0 Å². The molecule has 10 heteroatoms. The SMILES string of the molecule is Nc1ncnc2c1ncn2[C@@H]1OC(Cn2c(-c3ccccc3)nc3ccccc32)[C@@H](O)C1O. The van der Waals surface area contributed by atoms with Crippen LogP contribution in [-0.2, 0) is 11.3 Å². The number of aliphatic hydroxyl groups excluding tert-OH is 2. The molecule has 2 aromatic carbocycles. The number of hydrogen-bond donors (Lipinski definition) is 3. The number of nitrogens with zero attached hydrogens (tertiary/aromatic N) is 6. The Balaban J connectivity index is 1.38. The van der Waals surface area contributed by atoms with E-state index >= 15 is 0 Å². The lowest BCUT2D eigenvalue weighted by atomic mass is 10.1. The van der Waals surface area contributed by atoms with Gasteiger partial charge in [0.25, 0.3) is 0 Å². The van der Waals surface area contributed by atoms with Crippen molar-refractivity contribution in [1.29, 1.82) is 0 Å². The molecule has 1 fully saturated rings. The number of aromatic nitrogens is 6. The summed E-state index contributed by atoms with van der Waals surface area (Å²) in [6, 6.07) is 17.7. The molecule has 0 spiro atoms. The number of para-hydroxylation sites is 2. The van der Waals surface area contributed by atoms with Gasteiger partial charge in [0, 0.05) is 5.56 Å². The summed E-state index contributed by atoms with van der Waals surface area (Å²) in [6.07, 6.45) is -1.06. The lowest BCUT2D eigenvalue weighted by molar-refractivity contribution is -0.0389. The Hall–Kier alpha value is -3.86. The molecule has 0 bridgehead atoms. The normalized spacial score (nSPS) is 23.0. The summed E-state index contributed by atoms with van der Waals surface area (Å²) < 4.78 is 9.75. The molecule has 1 aliphatic heterocycles. The number of rotatable bonds is 4. The van der Waals surface area contributed by atoms with Gasteiger partial charge in [0.2, 0.25) is 0 Å². The highest BCUT2D eigenvalue weighted by molar-refractivity contribution is 5.81. The number of imidazole rings is 2. The molecule has 0 saturated carbocycles. The molecule has 6 rings (SSSR count). The van der Waals surface area contributed by atoms with Crippen LogP contribution in [0.2, 0.25) is 0 Å². The zero-order valence-electron chi connectivity index (χ0n) is 17.4. The zero-order chi connectivity index (χ0) is 22.5. The van der Waals surface area contributed by atoms with Crippen molar-refractivity contribution in [3.63, 3.8) is 0 Å². The molecule has 166 valence electrons. The second-order valence-electron chi connectivity index (χ2n) is 8.03. The summed E-state index contributed by atoms with van der Waals surface area (Å²) in [5.74, 6) is 1.000. The molecule has 3 aromatic heterocycles. The number of ether oxygens (including phenoxy) is 1. The average molecular weight is 443 g/mol. The van der Waals surface area contributed by atoms with E-state index in [1.54, 1.807) is 4.57 Å². The number of anilines is 1. The number of hydrogen-bond acceptors (Lipinski definition) is 8. The molecule has 4 heterocycles. The Bertz CT molecular complexity index is 1450. The van der Waals surface area contributed by atoms with Crippen LogP contribution in [0.5, 0.6) is 0 Å². The smallest absolute Gasteiger partial charge is 0.167 e. The van der Waals surface area contributed by atoms with Gasteiger partial charge >= 0.3 is 0 Å². The third-order valence-corrected chi connectivity index (χ3v) is 6.05. The van der Waals surface area contributed by atoms with Crippen LogP contribution in [0, 0.1) is 0 Å². The first kappa shape index (κ1) is 19.8. The van der Waals surface area contributed by atoms with Crippen molar-refractivity contribution in [2.75, 3.05) is 5.73 Å². The van der Waals surface area contributed by atoms with E-state index < -0.39 is 24.5 Å². The summed E-state index contributed by atoms with van der Waals surface area (Å²) in [6.45, 7) is 0.295. The van der Waals surface area contributed by atoms with Gasteiger partial charge in [-0.3, -0.25) is 4.57 Å². The highest BCUT2D eigenvalue weighted by Crippen LogP contribution is 2.34. The molecule has 4 N–H and O–H groups in total. The van der Waals surface area contributed by atoms with E-state index in [0.29, 0.717) is 17.7 Å². The molecule has 4 atom stereocenters. The second kappa shape index (κ2) is 7.62. The molecular formula is C23H21N7O3. The Morgan fingerprint density at radius 2 is 1.73 bits per heavy atom. The summed E-state index contributed by atoms with van der Waals surface area (Å²) in [5.41, 5.74) is 9.43. The monoisotopic (exact) mass is 443 g/mol. The zero-order valence-corrected chi connectivity index (χ0v) is 17.4. The van der Waals surface area contributed by atoms with Gasteiger partial charge in [-0.25, -0.2) is 19.9 Å². The fourth-order valence-corrected chi connectivity index (χ4v) is 4.41. The minimum Gasteiger partial charge on any atom is -0.387 e. The summed E-state index contributed by atoms with van der Waals surface area (Å²) >= 11 is 0. The van der Waals surface area contributed by atoms with Crippen LogP contribution >= 0.6 is 0 Å². The molecule has 5 aromatic rings. The maximum absolute atomic E-state index is 10.9. The first-order valence-electron chi connectivity index (χ1n) is 10.6. The topological polar surface area (TPSA) is 137 Å². The first-order valence-corrected chi connectivity index (χ1v) is 10.6. The fraction of sp³-hybridized carbons (Fsp3) is 0.217. The van der Waals surface area contributed by atoms with Gasteiger partial charge in [-0.1, -0.05) is 42.5 Å². The maximum Gasteiger partial charge on any atom is 0.167 e. The quantitative estimate of drug-likeness (QED) is 0.382. The average Bonchev–Trinajstić information content (AvgIpc) is 3.51. The summed E-state index contributed by atoms with van der Waals surface area (Å²) in [4.78, 5) is 17.2. The predicted molar refractivity (Wildman–Crippen MR) is 121 cm³/mol. The number of nitrogens with two attached hydrogens (primary N) is 1. The summed E-state index contributed by atoms with van der Waals surface area (Å²) in [5, 5.41) is 21.7. The highest BCUT2D eigenvalue weighted by atomic mass is 16.6. The second-order valence-corrected chi connectivity index (χ2v) is 8.03. The first-order chi connectivity index (χ1) is 16.1. The third kappa shape index (κ3) is 3.15. The van der Waals surface area contributed by atoms with Gasteiger partial charge in [0.1, 0.15) is 36.0 Å². The Labute approximate surface area is 187 Å². The van der Waals surface area contributed by atoms with Crippen molar-refractivity contribution in [2.45, 2.75) is 31.1 Å². The van der Waals surface area contributed by atoms with E-state index in [9.17, 15) is 10.2 Å². The van der Waals surface area contributed by atoms with Gasteiger partial charge in [0.15, 0.2) is 17.7 Å². The van der Waals surface area contributed by atoms with E-state index in [0.717, 1.165) is 22.4 Å². The molecular weight excluding hydrogens is 422 g/mol. The summed E-state index contributed by atoms with van der Waals surface area (Å²) in [7, 11) is 0. The fourth-order valence-electron chi connectivity index (χ4n) is 4.41. The number of aliphatic hydroxyl groups is 2. The van der Waals surface area contributed by atoms with E-state index in [1.165, 1.54) is 12.7 Å². The molecule has 33 heavy (non-hydrogen) atoms. The van der Waals surface area contributed by atoms with Crippen LogP contribution in [0.25, 0.3) is 33.6 Å². The highest BCUT2D eigenvalue weighted by Gasteiger charge is 2.44. The van der Waals surface area contributed by atoms with E-state index in [1.807, 2.05) is 59.2 Å². The van der Waals surface area contributed by atoms with Crippen LogP contribution < -0.4 is 5.73 Å². The minimum absolute atomic E-state index is 0.237. The maximum atomic E-state index is 10.9. The van der Waals surface area contributed by atoms with Crippen LogP contribution in [0.4, 0.5) is 5.82 Å². The van der Waals surface area contributed by atoms with Crippen molar-refractivity contribution >= 4 is 28.0 Å². The van der Waals surface area contributed by atoms with E-state index in [4.69, 9.17) is 15.5 Å². The molecule has 1 aliphatic rings. The van der Waals surface area contributed by atoms with Crippen molar-refractivity contribution in [3.05, 3.63) is 67.3 Å². The molecule has 0 amide bonds. The molecule has 0 aliphatic carbocycles. The number of fused-ring (bicyclic) bond motifs is 2. The number of nitrogen functional groups attached to an aromatic ring is 1. The standard InChI is InChI=1S/C23H21N7O3/c24-20-17-22(26-11-25-20)30(12-27-17)23-19(32)18(31)16(33-23)10-29-15-9-5-4-8-14(15)28-21(29)13-6-2-1-3-7-13/h1-9,11-12,16,18-19,23,31-32H,10H2,(H2,24,25,26)/t16?,18-,19?,23-/m1/s1. The van der Waals surface area contributed by atoms with Crippen molar-refractivity contribution in [3.8, 4) is 11.4 Å². The Kier molecular flexibility index (Phi) is 4.57. The van der Waals surface area contributed by atoms with Gasteiger partial charge in [-0.2, -0.15) is 0 Å². The van der Waals surface area contributed by atoms with E-state index in [-0.39, 0.29) is 5.82 Å². The van der Waals surface area contributed by atoms with Crippen LogP contribution in [-0.4, -0.2) is 57.6 Å². The Morgan fingerprint density at radius 1 is 0.939 bits per heavy atom. The van der Waals surface area contributed by atoms with Gasteiger partial charge in [-0.05, 0) is 12.1 Å². The number of benzene rings is 2. The van der Waals surface area contributed by atoms with Gasteiger partial charge in [0.05, 0.1) is 23.9 Å². The minimum atomic E-state index is -1.18. The van der Waals surface area contributed by atoms with Crippen molar-refractivity contribution < 1.29 is 14.9 Å².